The number of rotatable bonds is 5. The maximum absolute atomic E-state index is 13.5. The quantitative estimate of drug-likeness (QED) is 0.579. The average molecular weight is 472 g/mol. The number of nitrogens with zero attached hydrogens (tertiary/aromatic N) is 4. The van der Waals surface area contributed by atoms with Gasteiger partial charge in [0.05, 0.1) is 11.4 Å². The number of aromatic nitrogens is 2. The Morgan fingerprint density at radius 2 is 1.80 bits per heavy atom. The van der Waals surface area contributed by atoms with Crippen LogP contribution in [-0.4, -0.2) is 51.0 Å². The number of carbonyl (C=O) groups is 3. The molecule has 1 unspecified atom stereocenters. The summed E-state index contributed by atoms with van der Waals surface area (Å²) in [6.45, 7) is 3.93. The Hall–Kier alpha value is -3.94. The summed E-state index contributed by atoms with van der Waals surface area (Å²) >= 11 is 0. The Morgan fingerprint density at radius 1 is 1.09 bits per heavy atom. The first-order valence-electron chi connectivity index (χ1n) is 11.9. The third kappa shape index (κ3) is 3.79. The van der Waals surface area contributed by atoms with Crippen LogP contribution in [0.2, 0.25) is 0 Å². The molecule has 1 fully saturated rings. The van der Waals surface area contributed by atoms with Crippen LogP contribution in [0.3, 0.4) is 0 Å². The average Bonchev–Trinajstić information content (AvgIpc) is 3.27. The van der Waals surface area contributed by atoms with E-state index in [9.17, 15) is 14.4 Å². The number of amides is 4. The molecule has 1 aliphatic carbocycles. The molecule has 1 saturated heterocycles. The van der Waals surface area contributed by atoms with Crippen LogP contribution < -0.4 is 5.32 Å². The second-order valence-electron chi connectivity index (χ2n) is 9.38. The molecular weight excluding hydrogens is 442 g/mol. The van der Waals surface area contributed by atoms with E-state index in [2.05, 4.69) is 10.4 Å². The molecule has 1 aromatic heterocycles. The molecular formula is C27H29N5O3. The van der Waals surface area contributed by atoms with Crippen molar-refractivity contribution in [3.8, 4) is 5.69 Å². The second kappa shape index (κ2) is 8.69. The topological polar surface area (TPSA) is 87.5 Å². The first-order chi connectivity index (χ1) is 16.8. The highest BCUT2D eigenvalue weighted by molar-refractivity contribution is 6.09. The minimum atomic E-state index is -1.07. The van der Waals surface area contributed by atoms with Gasteiger partial charge in [-0.2, -0.15) is 5.10 Å². The van der Waals surface area contributed by atoms with E-state index in [0.717, 1.165) is 51.5 Å². The first-order valence-corrected chi connectivity index (χ1v) is 11.9. The van der Waals surface area contributed by atoms with Crippen molar-refractivity contribution in [3.63, 3.8) is 0 Å². The van der Waals surface area contributed by atoms with Crippen LogP contribution in [0.15, 0.2) is 54.6 Å². The number of urea groups is 1. The molecule has 4 amide bonds. The highest BCUT2D eigenvalue weighted by Crippen LogP contribution is 2.39. The maximum atomic E-state index is 13.5. The van der Waals surface area contributed by atoms with Crippen molar-refractivity contribution in [1.29, 1.82) is 0 Å². The fourth-order valence-corrected chi connectivity index (χ4v) is 5.26. The molecule has 1 N–H and O–H groups in total. The maximum Gasteiger partial charge on any atom is 0.325 e. The number of aryl methyl sites for hydroxylation is 2. The van der Waals surface area contributed by atoms with E-state index in [1.807, 2.05) is 73.1 Å². The molecule has 2 aromatic carbocycles. The van der Waals surface area contributed by atoms with Gasteiger partial charge < -0.3 is 10.2 Å². The normalized spacial score (nSPS) is 19.1. The summed E-state index contributed by atoms with van der Waals surface area (Å²) in [4.78, 5) is 42.1. The van der Waals surface area contributed by atoms with E-state index in [1.165, 1.54) is 0 Å². The highest BCUT2D eigenvalue weighted by Gasteiger charge is 2.54. The van der Waals surface area contributed by atoms with Gasteiger partial charge in [0.25, 0.3) is 5.91 Å². The smallest absolute Gasteiger partial charge is 0.325 e. The largest absolute Gasteiger partial charge is 0.340 e. The third-order valence-corrected chi connectivity index (χ3v) is 7.21. The van der Waals surface area contributed by atoms with Gasteiger partial charge in [-0.1, -0.05) is 42.5 Å². The standard InChI is InChI=1S/C27H29N5O3/c1-18-22(19(2)32(29-18)21-12-5-4-6-13-21)16-30(3)24(33)17-31-25(34)27(28-26(31)35)15-9-11-20-10-7-8-14-23(20)27/h4-8,10,12-14H,9,11,15-17H2,1-3H3,(H,28,35). The number of hydrogen-bond acceptors (Lipinski definition) is 4. The van der Waals surface area contributed by atoms with Gasteiger partial charge in [-0.25, -0.2) is 9.48 Å². The van der Waals surface area contributed by atoms with Crippen LogP contribution in [0.5, 0.6) is 0 Å². The Kier molecular flexibility index (Phi) is 5.67. The summed E-state index contributed by atoms with van der Waals surface area (Å²) in [7, 11) is 1.69. The fourth-order valence-electron chi connectivity index (χ4n) is 5.26. The van der Waals surface area contributed by atoms with E-state index in [4.69, 9.17) is 0 Å². The number of imide groups is 1. The Bertz CT molecular complexity index is 1320. The summed E-state index contributed by atoms with van der Waals surface area (Å²) in [5.74, 6) is -0.651. The van der Waals surface area contributed by atoms with Crippen LogP contribution in [0.4, 0.5) is 4.79 Å². The first kappa shape index (κ1) is 22.8. The fraction of sp³-hybridized carbons (Fsp3) is 0.333. The van der Waals surface area contributed by atoms with Gasteiger partial charge in [0.2, 0.25) is 5.91 Å². The monoisotopic (exact) mass is 471 g/mol. The van der Waals surface area contributed by atoms with Crippen LogP contribution in [0.25, 0.3) is 5.69 Å². The minimum Gasteiger partial charge on any atom is -0.340 e. The van der Waals surface area contributed by atoms with E-state index in [0.29, 0.717) is 13.0 Å². The number of likely N-dealkylation sites (N-methyl/N-ethyl adjacent to an activating group) is 1. The second-order valence-corrected chi connectivity index (χ2v) is 9.38. The minimum absolute atomic E-state index is 0.296. The van der Waals surface area contributed by atoms with Crippen molar-refractivity contribution in [1.82, 2.24) is 24.9 Å². The van der Waals surface area contributed by atoms with Crippen molar-refractivity contribution in [2.45, 2.75) is 45.2 Å². The SMILES string of the molecule is Cc1nn(-c2ccccc2)c(C)c1CN(C)C(=O)CN1C(=O)NC2(CCCc3ccccc32)C1=O. The Labute approximate surface area is 204 Å². The molecule has 2 aliphatic rings. The number of carbonyl (C=O) groups excluding carboxylic acids is 3. The Balaban J connectivity index is 1.33. The lowest BCUT2D eigenvalue weighted by molar-refractivity contribution is -0.139. The molecule has 0 bridgehead atoms. The number of nitrogens with one attached hydrogen (secondary N) is 1. The molecule has 8 nitrogen and oxygen atoms in total. The van der Waals surface area contributed by atoms with Gasteiger partial charge in [0.1, 0.15) is 12.1 Å². The molecule has 3 aromatic rings. The van der Waals surface area contributed by atoms with Crippen molar-refractivity contribution in [2.24, 2.45) is 0 Å². The summed E-state index contributed by atoms with van der Waals surface area (Å²) in [6, 6.07) is 17.0. The molecule has 0 radical (unpaired) electrons. The lowest BCUT2D eigenvalue weighted by Gasteiger charge is -2.33. The summed E-state index contributed by atoms with van der Waals surface area (Å²) < 4.78 is 1.87. The van der Waals surface area contributed by atoms with Crippen LogP contribution in [0, 0.1) is 13.8 Å². The highest BCUT2D eigenvalue weighted by atomic mass is 16.2. The van der Waals surface area contributed by atoms with Crippen LogP contribution in [0.1, 0.15) is 40.9 Å². The molecule has 1 spiro atoms. The predicted octanol–water partition coefficient (Wildman–Crippen LogP) is 3.23. The van der Waals surface area contributed by atoms with E-state index >= 15 is 0 Å². The van der Waals surface area contributed by atoms with Gasteiger partial charge >= 0.3 is 6.03 Å². The molecule has 180 valence electrons. The summed E-state index contributed by atoms with van der Waals surface area (Å²) in [5, 5.41) is 7.56. The van der Waals surface area contributed by atoms with Crippen molar-refractivity contribution < 1.29 is 14.4 Å². The lowest BCUT2D eigenvalue weighted by Crippen LogP contribution is -2.47. The molecule has 0 saturated carbocycles. The molecule has 2 heterocycles. The zero-order valence-electron chi connectivity index (χ0n) is 20.2. The van der Waals surface area contributed by atoms with Gasteiger partial charge in [-0.3, -0.25) is 14.5 Å². The van der Waals surface area contributed by atoms with Gasteiger partial charge in [0.15, 0.2) is 0 Å². The van der Waals surface area contributed by atoms with Crippen molar-refractivity contribution in [3.05, 3.63) is 82.7 Å². The number of benzene rings is 2. The molecule has 1 atom stereocenters. The summed E-state index contributed by atoms with van der Waals surface area (Å²) in [5.41, 5.74) is 4.51. The van der Waals surface area contributed by atoms with Crippen molar-refractivity contribution >= 4 is 17.8 Å². The molecule has 35 heavy (non-hydrogen) atoms. The molecule has 5 rings (SSSR count). The predicted molar refractivity (Wildman–Crippen MR) is 131 cm³/mol. The molecule has 8 heteroatoms. The zero-order valence-corrected chi connectivity index (χ0v) is 20.2. The van der Waals surface area contributed by atoms with E-state index in [1.54, 1.807) is 11.9 Å². The number of hydrogen-bond donors (Lipinski definition) is 1. The zero-order chi connectivity index (χ0) is 24.7. The lowest BCUT2D eigenvalue weighted by atomic mass is 9.76. The number of fused-ring (bicyclic) bond motifs is 2. The van der Waals surface area contributed by atoms with Crippen LogP contribution in [-0.2, 0) is 28.1 Å². The van der Waals surface area contributed by atoms with Gasteiger partial charge in [0, 0.05) is 24.8 Å². The van der Waals surface area contributed by atoms with E-state index < -0.39 is 11.6 Å². The molecule has 1 aliphatic heterocycles. The summed E-state index contributed by atoms with van der Waals surface area (Å²) in [6.07, 6.45) is 2.21. The van der Waals surface area contributed by atoms with Crippen molar-refractivity contribution in [2.75, 3.05) is 13.6 Å². The third-order valence-electron chi connectivity index (χ3n) is 7.21. The Morgan fingerprint density at radius 3 is 2.57 bits per heavy atom. The van der Waals surface area contributed by atoms with Gasteiger partial charge in [-0.15, -0.1) is 0 Å². The van der Waals surface area contributed by atoms with E-state index in [-0.39, 0.29) is 18.4 Å². The number of para-hydroxylation sites is 1. The van der Waals surface area contributed by atoms with Crippen LogP contribution >= 0.6 is 0 Å². The van der Waals surface area contributed by atoms with Gasteiger partial charge in [-0.05, 0) is 56.4 Å².